The van der Waals surface area contributed by atoms with E-state index in [2.05, 4.69) is 0 Å². The van der Waals surface area contributed by atoms with Crippen LogP contribution in [0.25, 0.3) is 0 Å². The Balaban J connectivity index is 2.35. The summed E-state index contributed by atoms with van der Waals surface area (Å²) < 4.78 is 26.0. The molecule has 0 aromatic heterocycles. The van der Waals surface area contributed by atoms with Crippen molar-refractivity contribution in [1.29, 1.82) is 0 Å². The van der Waals surface area contributed by atoms with E-state index in [0.717, 1.165) is 0 Å². The minimum absolute atomic E-state index is 0.279. The van der Waals surface area contributed by atoms with Gasteiger partial charge in [-0.05, 0) is 23.3 Å². The Hall–Kier alpha value is -2.05. The van der Waals surface area contributed by atoms with Gasteiger partial charge in [-0.1, -0.05) is 78.9 Å². The zero-order valence-corrected chi connectivity index (χ0v) is 14.6. The van der Waals surface area contributed by atoms with E-state index in [1.54, 1.807) is 78.9 Å². The smallest absolute Gasteiger partial charge is 0.255 e. The van der Waals surface area contributed by atoms with Crippen LogP contribution in [0.4, 0.5) is 0 Å². The Morgan fingerprint density at radius 3 is 1.46 bits per heavy atom. The van der Waals surface area contributed by atoms with E-state index >= 15 is 0 Å². The lowest BCUT2D eigenvalue weighted by Gasteiger charge is -2.32. The molecule has 0 aliphatic heterocycles. The van der Waals surface area contributed by atoms with Gasteiger partial charge in [0.15, 0.2) is 13.4 Å². The first-order valence-electron chi connectivity index (χ1n) is 7.47. The number of hydrogen-bond donors (Lipinski definition) is 1. The van der Waals surface area contributed by atoms with Gasteiger partial charge in [0, 0.05) is 5.30 Å². The van der Waals surface area contributed by atoms with Crippen LogP contribution in [0.2, 0.25) is 0 Å². The maximum Gasteiger partial charge on any atom is 0.255 e. The third-order valence-corrected chi connectivity index (χ3v) is 8.26. The van der Waals surface area contributed by atoms with Gasteiger partial charge in [-0.15, -0.1) is 0 Å². The topological polar surface area (TPSA) is 54.4 Å². The van der Waals surface area contributed by atoms with E-state index in [1.807, 2.05) is 12.1 Å². The number of rotatable bonds is 5. The van der Waals surface area contributed by atoms with Crippen molar-refractivity contribution in [3.05, 3.63) is 102 Å². The maximum atomic E-state index is 13.6. The highest BCUT2D eigenvalue weighted by Gasteiger charge is 2.52. The highest BCUT2D eigenvalue weighted by molar-refractivity contribution is 7.74. The van der Waals surface area contributed by atoms with Gasteiger partial charge in [0.05, 0.1) is 0 Å². The van der Waals surface area contributed by atoms with Crippen LogP contribution in [0.15, 0.2) is 91.0 Å². The first-order chi connectivity index (χ1) is 11.6. The third-order valence-electron chi connectivity index (χ3n) is 4.03. The van der Waals surface area contributed by atoms with Crippen molar-refractivity contribution in [2.75, 3.05) is 0 Å². The fourth-order valence-corrected chi connectivity index (χ4v) is 6.08. The molecule has 1 atom stereocenters. The second kappa shape index (κ2) is 6.83. The molecule has 3 aromatic rings. The van der Waals surface area contributed by atoms with Crippen LogP contribution in [-0.2, 0) is 14.0 Å². The summed E-state index contributed by atoms with van der Waals surface area (Å²) in [4.78, 5) is 9.61. The molecule has 0 aliphatic carbocycles. The molecular formula is C19H16O3P2. The lowest BCUT2D eigenvalue weighted by Crippen LogP contribution is -2.26. The van der Waals surface area contributed by atoms with E-state index in [0.29, 0.717) is 11.1 Å². The van der Waals surface area contributed by atoms with Gasteiger partial charge in [-0.3, -0.25) is 9.13 Å². The summed E-state index contributed by atoms with van der Waals surface area (Å²) in [5.74, 6) is 0. The second-order valence-corrected chi connectivity index (χ2v) is 8.95. The zero-order valence-electron chi connectivity index (χ0n) is 12.8. The minimum Gasteiger partial charge on any atom is -0.340 e. The quantitative estimate of drug-likeness (QED) is 0.671. The van der Waals surface area contributed by atoms with Crippen LogP contribution in [0, 0.1) is 0 Å². The van der Waals surface area contributed by atoms with Gasteiger partial charge in [0.25, 0.3) is 7.37 Å². The molecular weight excluding hydrogens is 338 g/mol. The van der Waals surface area contributed by atoms with E-state index < -0.39 is 20.7 Å². The maximum absolute atomic E-state index is 13.6. The van der Waals surface area contributed by atoms with Crippen molar-refractivity contribution in [2.45, 2.75) is 4.90 Å². The van der Waals surface area contributed by atoms with Crippen LogP contribution in [0.3, 0.4) is 0 Å². The van der Waals surface area contributed by atoms with E-state index in [4.69, 9.17) is 0 Å². The molecule has 3 nitrogen and oxygen atoms in total. The van der Waals surface area contributed by atoms with Crippen molar-refractivity contribution < 1.29 is 14.0 Å². The summed E-state index contributed by atoms with van der Waals surface area (Å²) in [5, 5.41) is 0.279. The van der Waals surface area contributed by atoms with Crippen LogP contribution in [-0.4, -0.2) is 4.89 Å². The second-order valence-electron chi connectivity index (χ2n) is 5.41. The molecule has 0 amide bonds. The summed E-state index contributed by atoms with van der Waals surface area (Å²) in [6.07, 6.45) is 0. The monoisotopic (exact) mass is 354 g/mol. The molecule has 0 aliphatic rings. The Labute approximate surface area is 142 Å². The first-order valence-corrected chi connectivity index (χ1v) is 9.94. The number of benzene rings is 3. The third kappa shape index (κ3) is 2.65. The highest BCUT2D eigenvalue weighted by atomic mass is 31.2. The molecule has 1 N–H and O–H groups in total. The SMILES string of the molecule is O=PC(c1ccccc1)(c1ccccc1)P(=O)(O)c1ccccc1. The molecule has 1 unspecified atom stereocenters. The minimum atomic E-state index is -4.05. The summed E-state index contributed by atoms with van der Waals surface area (Å²) in [5.41, 5.74) is 1.09. The average Bonchev–Trinajstić information content (AvgIpc) is 2.65. The molecule has 0 saturated heterocycles. The lowest BCUT2D eigenvalue weighted by molar-refractivity contribution is 0.474. The summed E-state index contributed by atoms with van der Waals surface area (Å²) in [6.45, 7) is 0. The van der Waals surface area contributed by atoms with Crippen LogP contribution in [0.1, 0.15) is 11.1 Å². The number of hydrogen-bond acceptors (Lipinski definition) is 2. The molecule has 0 heterocycles. The fraction of sp³-hybridized carbons (Fsp3) is 0.0526. The van der Waals surface area contributed by atoms with Crippen LogP contribution < -0.4 is 5.30 Å². The average molecular weight is 354 g/mol. The molecule has 5 heteroatoms. The molecule has 0 radical (unpaired) electrons. The van der Waals surface area contributed by atoms with Gasteiger partial charge in [0.1, 0.15) is 0 Å². The Kier molecular flexibility index (Phi) is 4.78. The van der Waals surface area contributed by atoms with E-state index in [9.17, 15) is 14.0 Å². The summed E-state index contributed by atoms with van der Waals surface area (Å²) in [6, 6.07) is 26.1. The Morgan fingerprint density at radius 2 is 1.08 bits per heavy atom. The van der Waals surface area contributed by atoms with Crippen molar-refractivity contribution in [3.8, 4) is 0 Å². The normalized spacial score (nSPS) is 14.2. The molecule has 120 valence electrons. The lowest BCUT2D eigenvalue weighted by atomic mass is 10.0. The van der Waals surface area contributed by atoms with Crippen LogP contribution in [0.5, 0.6) is 0 Å². The van der Waals surface area contributed by atoms with Gasteiger partial charge < -0.3 is 4.89 Å². The Morgan fingerprint density at radius 1 is 0.708 bits per heavy atom. The Bertz CT molecular complexity index is 825. The van der Waals surface area contributed by atoms with Crippen molar-refractivity contribution >= 4 is 21.1 Å². The van der Waals surface area contributed by atoms with Crippen molar-refractivity contribution in [1.82, 2.24) is 0 Å². The molecule has 24 heavy (non-hydrogen) atoms. The zero-order chi connectivity index (χ0) is 17.0. The fourth-order valence-electron chi connectivity index (χ4n) is 2.84. The molecule has 0 spiro atoms. The summed E-state index contributed by atoms with van der Waals surface area (Å²) >= 11 is 0. The molecule has 0 fully saturated rings. The van der Waals surface area contributed by atoms with Gasteiger partial charge in [0.2, 0.25) is 0 Å². The van der Waals surface area contributed by atoms with Gasteiger partial charge in [-0.25, -0.2) is 0 Å². The first kappa shape index (κ1) is 16.8. The molecule has 0 bridgehead atoms. The molecule has 3 rings (SSSR count). The van der Waals surface area contributed by atoms with Crippen LogP contribution >= 0.6 is 15.8 Å². The van der Waals surface area contributed by atoms with E-state index in [1.165, 1.54) is 0 Å². The van der Waals surface area contributed by atoms with Gasteiger partial charge >= 0.3 is 0 Å². The molecule has 3 aromatic carbocycles. The van der Waals surface area contributed by atoms with E-state index in [-0.39, 0.29) is 5.30 Å². The summed E-state index contributed by atoms with van der Waals surface area (Å²) in [7, 11) is -4.48. The standard InChI is InChI=1S/C19H16O3P2/c20-23-19(16-10-4-1-5-11-16,17-12-6-2-7-13-17)24(21,22)18-14-8-3-9-15-18/h1-15H,(H,21,22). The predicted molar refractivity (Wildman–Crippen MR) is 97.2 cm³/mol. The molecule has 0 saturated carbocycles. The van der Waals surface area contributed by atoms with Gasteiger partial charge in [-0.2, -0.15) is 0 Å². The highest BCUT2D eigenvalue weighted by Crippen LogP contribution is 2.68. The van der Waals surface area contributed by atoms with Crippen molar-refractivity contribution in [2.24, 2.45) is 0 Å². The largest absolute Gasteiger partial charge is 0.340 e. The predicted octanol–water partition coefficient (Wildman–Crippen LogP) is 4.78. The van der Waals surface area contributed by atoms with Crippen molar-refractivity contribution in [3.63, 3.8) is 0 Å².